The number of carbonyl (C=O) groups excluding carboxylic acids is 1. The molecule has 1 amide bonds. The average Bonchev–Trinajstić information content (AvgIpc) is 3.11. The first-order valence-electron chi connectivity index (χ1n) is 9.73. The van der Waals surface area contributed by atoms with Crippen molar-refractivity contribution in [3.05, 3.63) is 36.0 Å². The molecular formula is C21H29N3O2. The van der Waals surface area contributed by atoms with Crippen molar-refractivity contribution in [3.63, 3.8) is 0 Å². The molecule has 140 valence electrons. The number of piperidine rings is 2. The predicted molar refractivity (Wildman–Crippen MR) is 103 cm³/mol. The maximum atomic E-state index is 12.3. The molecule has 4 rings (SSSR count). The van der Waals surface area contributed by atoms with Crippen molar-refractivity contribution in [3.8, 4) is 0 Å². The highest BCUT2D eigenvalue weighted by Crippen LogP contribution is 2.39. The number of methoxy groups -OCH3 is 1. The Bertz CT molecular complexity index is 771. The first-order chi connectivity index (χ1) is 12.7. The molecule has 0 bridgehead atoms. The van der Waals surface area contributed by atoms with Gasteiger partial charge in [0, 0.05) is 56.8 Å². The van der Waals surface area contributed by atoms with Crippen molar-refractivity contribution < 1.29 is 9.53 Å². The van der Waals surface area contributed by atoms with Crippen LogP contribution >= 0.6 is 0 Å². The Morgan fingerprint density at radius 1 is 1.23 bits per heavy atom. The van der Waals surface area contributed by atoms with Crippen molar-refractivity contribution in [2.45, 2.75) is 32.2 Å². The molecule has 0 saturated carbocycles. The third kappa shape index (κ3) is 3.64. The van der Waals surface area contributed by atoms with Gasteiger partial charge in [-0.05, 0) is 55.0 Å². The van der Waals surface area contributed by atoms with Crippen LogP contribution in [0.3, 0.4) is 0 Å². The Morgan fingerprint density at radius 2 is 2.15 bits per heavy atom. The van der Waals surface area contributed by atoms with Gasteiger partial charge in [0.2, 0.25) is 5.91 Å². The lowest BCUT2D eigenvalue weighted by Gasteiger charge is -2.48. The van der Waals surface area contributed by atoms with Gasteiger partial charge in [-0.3, -0.25) is 9.69 Å². The number of H-pyrrole nitrogens is 1. The van der Waals surface area contributed by atoms with Crippen molar-refractivity contribution in [1.29, 1.82) is 0 Å². The van der Waals surface area contributed by atoms with Gasteiger partial charge in [-0.1, -0.05) is 6.07 Å². The lowest BCUT2D eigenvalue weighted by Crippen LogP contribution is -2.54. The largest absolute Gasteiger partial charge is 0.383 e. The Hall–Kier alpha value is -1.85. The zero-order chi connectivity index (χ0) is 18.0. The number of ether oxygens (including phenoxy) is 1. The summed E-state index contributed by atoms with van der Waals surface area (Å²) in [5, 5.41) is 1.28. The zero-order valence-corrected chi connectivity index (χ0v) is 15.7. The summed E-state index contributed by atoms with van der Waals surface area (Å²) >= 11 is 0. The van der Waals surface area contributed by atoms with Crippen molar-refractivity contribution in [2.75, 3.05) is 39.9 Å². The van der Waals surface area contributed by atoms with Gasteiger partial charge in [-0.15, -0.1) is 0 Å². The van der Waals surface area contributed by atoms with E-state index in [9.17, 15) is 4.79 Å². The van der Waals surface area contributed by atoms with E-state index in [1.807, 2.05) is 11.1 Å². The van der Waals surface area contributed by atoms with Gasteiger partial charge in [0.15, 0.2) is 0 Å². The fourth-order valence-corrected chi connectivity index (χ4v) is 4.75. The highest BCUT2D eigenvalue weighted by atomic mass is 16.5. The number of nitrogens with one attached hydrogen (secondary N) is 1. The number of hydrogen-bond donors (Lipinski definition) is 1. The van der Waals surface area contributed by atoms with Crippen LogP contribution < -0.4 is 0 Å². The molecule has 5 nitrogen and oxygen atoms in total. The topological polar surface area (TPSA) is 48.6 Å². The summed E-state index contributed by atoms with van der Waals surface area (Å²) in [6.07, 6.45) is 6.17. The van der Waals surface area contributed by atoms with Gasteiger partial charge < -0.3 is 14.6 Å². The van der Waals surface area contributed by atoms with Crippen LogP contribution in [0.5, 0.6) is 0 Å². The molecule has 0 radical (unpaired) electrons. The average molecular weight is 355 g/mol. The molecule has 2 fully saturated rings. The lowest BCUT2D eigenvalue weighted by atomic mass is 9.73. The number of aromatic amines is 1. The molecule has 0 aliphatic carbocycles. The molecule has 2 saturated heterocycles. The predicted octanol–water partition coefficient (Wildman–Crippen LogP) is 3.02. The van der Waals surface area contributed by atoms with Gasteiger partial charge in [0.25, 0.3) is 0 Å². The number of fused-ring (bicyclic) bond motifs is 1. The summed E-state index contributed by atoms with van der Waals surface area (Å²) < 4.78 is 5.19. The lowest BCUT2D eigenvalue weighted by molar-refractivity contribution is -0.140. The molecule has 2 aliphatic rings. The third-order valence-electron chi connectivity index (χ3n) is 6.08. The maximum Gasteiger partial charge on any atom is 0.222 e. The minimum Gasteiger partial charge on any atom is -0.383 e. The van der Waals surface area contributed by atoms with Crippen LogP contribution in [0.1, 0.15) is 31.2 Å². The summed E-state index contributed by atoms with van der Waals surface area (Å²) in [7, 11) is 1.70. The number of rotatable bonds is 5. The molecule has 2 aliphatic heterocycles. The van der Waals surface area contributed by atoms with E-state index in [1.54, 1.807) is 7.11 Å². The van der Waals surface area contributed by atoms with E-state index in [2.05, 4.69) is 34.1 Å². The van der Waals surface area contributed by atoms with E-state index in [4.69, 9.17) is 4.74 Å². The third-order valence-corrected chi connectivity index (χ3v) is 6.08. The van der Waals surface area contributed by atoms with E-state index in [0.29, 0.717) is 18.9 Å². The van der Waals surface area contributed by atoms with Crippen LogP contribution in [0.2, 0.25) is 0 Å². The number of benzene rings is 1. The fraction of sp³-hybridized carbons (Fsp3) is 0.571. The standard InChI is InChI=1S/C21H29N3O2/c1-26-12-11-24-16-21(8-5-20(24)25)7-2-10-23(15-21)14-17-3-4-19-18(13-17)6-9-22-19/h3-4,6,9,13,22H,2,5,7-8,10-12,14-16H2,1H3. The monoisotopic (exact) mass is 355 g/mol. The van der Waals surface area contributed by atoms with Crippen molar-refractivity contribution >= 4 is 16.8 Å². The highest BCUT2D eigenvalue weighted by molar-refractivity contribution is 5.80. The van der Waals surface area contributed by atoms with Crippen LogP contribution in [-0.2, 0) is 16.1 Å². The molecule has 1 N–H and O–H groups in total. The van der Waals surface area contributed by atoms with Crippen LogP contribution in [0, 0.1) is 5.41 Å². The summed E-state index contributed by atoms with van der Waals surface area (Å²) in [6, 6.07) is 8.84. The van der Waals surface area contributed by atoms with Crippen molar-refractivity contribution in [2.24, 2.45) is 5.41 Å². The number of carbonyl (C=O) groups is 1. The Labute approximate surface area is 155 Å². The van der Waals surface area contributed by atoms with Gasteiger partial charge in [-0.25, -0.2) is 0 Å². The second-order valence-corrected chi connectivity index (χ2v) is 8.02. The molecule has 1 unspecified atom stereocenters. The molecule has 1 aromatic carbocycles. The summed E-state index contributed by atoms with van der Waals surface area (Å²) in [5.74, 6) is 0.294. The van der Waals surface area contributed by atoms with Gasteiger partial charge in [-0.2, -0.15) is 0 Å². The minimum atomic E-state index is 0.262. The Balaban J connectivity index is 1.43. The van der Waals surface area contributed by atoms with E-state index >= 15 is 0 Å². The summed E-state index contributed by atoms with van der Waals surface area (Å²) in [6.45, 7) is 5.48. The molecule has 3 heterocycles. The number of nitrogens with zero attached hydrogens (tertiary/aromatic N) is 2. The van der Waals surface area contributed by atoms with Crippen molar-refractivity contribution in [1.82, 2.24) is 14.8 Å². The quantitative estimate of drug-likeness (QED) is 0.897. The van der Waals surface area contributed by atoms with Gasteiger partial charge in [0.05, 0.1) is 6.61 Å². The smallest absolute Gasteiger partial charge is 0.222 e. The molecule has 1 atom stereocenters. The van der Waals surface area contributed by atoms with Crippen LogP contribution in [-0.4, -0.2) is 60.6 Å². The van der Waals surface area contributed by atoms with Gasteiger partial charge in [0.1, 0.15) is 0 Å². The van der Waals surface area contributed by atoms with Gasteiger partial charge >= 0.3 is 0 Å². The second-order valence-electron chi connectivity index (χ2n) is 8.02. The first kappa shape index (κ1) is 17.6. The minimum absolute atomic E-state index is 0.262. The summed E-state index contributed by atoms with van der Waals surface area (Å²) in [5.41, 5.74) is 2.83. The number of likely N-dealkylation sites (tertiary alicyclic amines) is 2. The molecule has 5 heteroatoms. The molecule has 1 aromatic heterocycles. The van der Waals surface area contributed by atoms with E-state index < -0.39 is 0 Å². The second kappa shape index (κ2) is 7.41. The molecule has 2 aromatic rings. The number of aromatic nitrogens is 1. The van der Waals surface area contributed by atoms with Crippen LogP contribution in [0.15, 0.2) is 30.5 Å². The summed E-state index contributed by atoms with van der Waals surface area (Å²) in [4.78, 5) is 20.1. The van der Waals surface area contributed by atoms with E-state index in [1.165, 1.54) is 29.3 Å². The Morgan fingerprint density at radius 3 is 3.04 bits per heavy atom. The van der Waals surface area contributed by atoms with E-state index in [-0.39, 0.29) is 5.41 Å². The molecular weight excluding hydrogens is 326 g/mol. The molecule has 1 spiro atoms. The molecule has 26 heavy (non-hydrogen) atoms. The SMILES string of the molecule is COCCN1CC2(CCCN(Cc3ccc4[nH]ccc4c3)C2)CCC1=O. The van der Waals surface area contributed by atoms with E-state index in [0.717, 1.165) is 39.1 Å². The Kier molecular flexibility index (Phi) is 5.00. The fourth-order valence-electron chi connectivity index (χ4n) is 4.75. The number of hydrogen-bond acceptors (Lipinski definition) is 3. The van der Waals surface area contributed by atoms with Crippen LogP contribution in [0.25, 0.3) is 10.9 Å². The zero-order valence-electron chi connectivity index (χ0n) is 15.7. The first-order valence-corrected chi connectivity index (χ1v) is 9.73. The maximum absolute atomic E-state index is 12.3. The highest BCUT2D eigenvalue weighted by Gasteiger charge is 2.41. The normalized spacial score (nSPS) is 24.7. The number of amides is 1. The van der Waals surface area contributed by atoms with Crippen LogP contribution in [0.4, 0.5) is 0 Å².